The molecule has 1 aromatic heterocycles. The highest BCUT2D eigenvalue weighted by atomic mass is 35.5. The number of hydrogen-bond donors (Lipinski definition) is 0. The van der Waals surface area contributed by atoms with E-state index in [1.165, 1.54) is 4.90 Å². The van der Waals surface area contributed by atoms with Crippen molar-refractivity contribution in [3.63, 3.8) is 0 Å². The Bertz CT molecular complexity index is 1100. The largest absolute Gasteiger partial charge is 0.494 e. The number of carbonyl (C=O) groups is 1. The van der Waals surface area contributed by atoms with Gasteiger partial charge in [0, 0.05) is 36.3 Å². The fourth-order valence-electron chi connectivity index (χ4n) is 4.10. The first-order valence-electron chi connectivity index (χ1n) is 12.4. The highest BCUT2D eigenvalue weighted by molar-refractivity contribution is 7.99. The number of nitrogens with zero attached hydrogens (tertiary/aromatic N) is 3. The maximum atomic E-state index is 13.5. The lowest BCUT2D eigenvalue weighted by molar-refractivity contribution is -0.118. The minimum Gasteiger partial charge on any atom is -0.494 e. The van der Waals surface area contributed by atoms with E-state index in [4.69, 9.17) is 14.5 Å². The second-order valence-corrected chi connectivity index (χ2v) is 11.6. The van der Waals surface area contributed by atoms with E-state index in [1.54, 1.807) is 11.3 Å². The number of rotatable bonds is 11. The van der Waals surface area contributed by atoms with Crippen LogP contribution in [0.2, 0.25) is 0 Å². The molecule has 0 unspecified atom stereocenters. The van der Waals surface area contributed by atoms with Crippen LogP contribution in [0.15, 0.2) is 47.4 Å². The van der Waals surface area contributed by atoms with Crippen molar-refractivity contribution >= 4 is 56.8 Å². The van der Waals surface area contributed by atoms with Gasteiger partial charge < -0.3 is 9.47 Å². The number of fused-ring (bicyclic) bond motifs is 1. The van der Waals surface area contributed by atoms with E-state index in [0.29, 0.717) is 24.8 Å². The van der Waals surface area contributed by atoms with Crippen LogP contribution in [-0.4, -0.2) is 67.0 Å². The average molecular weight is 550 g/mol. The maximum absolute atomic E-state index is 13.5. The van der Waals surface area contributed by atoms with E-state index in [-0.39, 0.29) is 18.3 Å². The van der Waals surface area contributed by atoms with Crippen LogP contribution in [0.5, 0.6) is 5.75 Å². The number of anilines is 1. The summed E-state index contributed by atoms with van der Waals surface area (Å²) in [6.07, 6.45) is 1.26. The molecule has 3 aromatic rings. The van der Waals surface area contributed by atoms with Crippen LogP contribution in [-0.2, 0) is 16.0 Å². The smallest absolute Gasteiger partial charge is 0.233 e. The van der Waals surface area contributed by atoms with E-state index < -0.39 is 0 Å². The van der Waals surface area contributed by atoms with Gasteiger partial charge in [-0.1, -0.05) is 37.3 Å². The monoisotopic (exact) mass is 549 g/mol. The Morgan fingerprint density at radius 1 is 1.19 bits per heavy atom. The van der Waals surface area contributed by atoms with Crippen molar-refractivity contribution in [1.82, 2.24) is 9.88 Å². The molecule has 0 bridgehead atoms. The summed E-state index contributed by atoms with van der Waals surface area (Å²) in [4.78, 5) is 23.9. The molecule has 0 radical (unpaired) electrons. The normalized spacial score (nSPS) is 14.1. The molecule has 2 aromatic carbocycles. The van der Waals surface area contributed by atoms with Crippen molar-refractivity contribution < 1.29 is 14.3 Å². The summed E-state index contributed by atoms with van der Waals surface area (Å²) in [6, 6.07) is 14.3. The Morgan fingerprint density at radius 3 is 2.64 bits per heavy atom. The number of carbonyl (C=O) groups excluding carboxylic acids is 1. The summed E-state index contributed by atoms with van der Waals surface area (Å²) in [5.41, 5.74) is 1.93. The fourth-order valence-corrected chi connectivity index (χ4v) is 5.97. The van der Waals surface area contributed by atoms with Crippen molar-refractivity contribution in [1.29, 1.82) is 0 Å². The number of aromatic nitrogens is 1. The van der Waals surface area contributed by atoms with Crippen molar-refractivity contribution in [3.8, 4) is 5.75 Å². The van der Waals surface area contributed by atoms with Crippen molar-refractivity contribution in [2.45, 2.75) is 43.8 Å². The minimum absolute atomic E-state index is 0. The van der Waals surface area contributed by atoms with Crippen LogP contribution < -0.4 is 9.64 Å². The minimum atomic E-state index is 0. The average Bonchev–Trinajstić information content (AvgIpc) is 3.26. The molecule has 196 valence electrons. The molecule has 0 spiro atoms. The van der Waals surface area contributed by atoms with Gasteiger partial charge in [-0.05, 0) is 49.2 Å². The van der Waals surface area contributed by atoms with Gasteiger partial charge in [0.1, 0.15) is 5.75 Å². The van der Waals surface area contributed by atoms with E-state index >= 15 is 0 Å². The standard InChI is InChI=1S/C27H35N3O3S2.ClH/c1-4-33-22-8-11-24-25(19-22)35-27(28-24)30(13-5-12-29-14-16-32-17-15-29)26(31)18-21-6-9-23(10-7-21)34-20(2)3;/h6-11,19-20H,4-5,12-18H2,1-3H3;1H. The number of hydrogen-bond acceptors (Lipinski definition) is 7. The molecule has 1 amide bonds. The third-order valence-corrected chi connectivity index (χ3v) is 7.86. The summed E-state index contributed by atoms with van der Waals surface area (Å²) in [7, 11) is 0. The zero-order valence-corrected chi connectivity index (χ0v) is 23.7. The summed E-state index contributed by atoms with van der Waals surface area (Å²) in [5.74, 6) is 0.917. The molecule has 4 rings (SSSR count). The van der Waals surface area contributed by atoms with Crippen LogP contribution >= 0.6 is 35.5 Å². The Morgan fingerprint density at radius 2 is 1.94 bits per heavy atom. The van der Waals surface area contributed by atoms with Gasteiger partial charge in [0.25, 0.3) is 0 Å². The van der Waals surface area contributed by atoms with Crippen molar-refractivity contribution in [3.05, 3.63) is 48.0 Å². The van der Waals surface area contributed by atoms with Gasteiger partial charge in [0.2, 0.25) is 5.91 Å². The predicted octanol–water partition coefficient (Wildman–Crippen LogP) is 5.92. The van der Waals surface area contributed by atoms with Crippen LogP contribution in [0.1, 0.15) is 32.8 Å². The molecule has 1 aliphatic rings. The summed E-state index contributed by atoms with van der Waals surface area (Å²) in [5, 5.41) is 1.29. The van der Waals surface area contributed by atoms with Gasteiger partial charge in [-0.3, -0.25) is 14.6 Å². The zero-order chi connectivity index (χ0) is 24.6. The van der Waals surface area contributed by atoms with Crippen molar-refractivity contribution in [2.24, 2.45) is 0 Å². The highest BCUT2D eigenvalue weighted by Crippen LogP contribution is 2.32. The van der Waals surface area contributed by atoms with E-state index in [2.05, 4.69) is 43.0 Å². The first-order valence-corrected chi connectivity index (χ1v) is 14.1. The number of thioether (sulfide) groups is 1. The summed E-state index contributed by atoms with van der Waals surface area (Å²) in [6.45, 7) is 12.1. The molecule has 0 saturated carbocycles. The number of morpholine rings is 1. The topological polar surface area (TPSA) is 54.9 Å². The fraction of sp³-hybridized carbons (Fsp3) is 0.481. The second kappa shape index (κ2) is 14.2. The molecule has 36 heavy (non-hydrogen) atoms. The van der Waals surface area contributed by atoms with Crippen molar-refractivity contribution in [2.75, 3.05) is 50.9 Å². The lowest BCUT2D eigenvalue weighted by atomic mass is 10.1. The summed E-state index contributed by atoms with van der Waals surface area (Å²) >= 11 is 3.39. The third kappa shape index (κ3) is 8.08. The molecule has 9 heteroatoms. The number of ether oxygens (including phenoxy) is 2. The molecule has 1 saturated heterocycles. The van der Waals surface area contributed by atoms with Gasteiger partial charge in [-0.25, -0.2) is 4.98 Å². The number of thiazole rings is 1. The number of amides is 1. The van der Waals surface area contributed by atoms with Crippen LogP contribution in [0.25, 0.3) is 10.2 Å². The second-order valence-electron chi connectivity index (χ2n) is 8.90. The first-order chi connectivity index (χ1) is 17.0. The molecule has 2 heterocycles. The Labute approximate surface area is 228 Å². The van der Waals surface area contributed by atoms with Gasteiger partial charge in [-0.15, -0.1) is 24.2 Å². The molecule has 1 aliphatic heterocycles. The van der Waals surface area contributed by atoms with Crippen LogP contribution in [0.4, 0.5) is 5.13 Å². The molecule has 6 nitrogen and oxygen atoms in total. The van der Waals surface area contributed by atoms with Gasteiger partial charge in [0.15, 0.2) is 5.13 Å². The maximum Gasteiger partial charge on any atom is 0.233 e. The quantitative estimate of drug-likeness (QED) is 0.277. The Kier molecular flexibility index (Phi) is 11.3. The predicted molar refractivity (Wildman–Crippen MR) is 153 cm³/mol. The third-order valence-electron chi connectivity index (χ3n) is 5.80. The molecular formula is C27H36ClN3O3S2. The molecular weight excluding hydrogens is 514 g/mol. The SMILES string of the molecule is CCOc1ccc2nc(N(CCCN3CCOCC3)C(=O)Cc3ccc(SC(C)C)cc3)sc2c1.Cl. The van der Waals surface area contributed by atoms with E-state index in [0.717, 1.165) is 65.9 Å². The molecule has 0 atom stereocenters. The van der Waals surface area contributed by atoms with Gasteiger partial charge in [-0.2, -0.15) is 0 Å². The van der Waals surface area contributed by atoms with Crippen LogP contribution in [0.3, 0.4) is 0 Å². The highest BCUT2D eigenvalue weighted by Gasteiger charge is 2.21. The zero-order valence-electron chi connectivity index (χ0n) is 21.3. The molecule has 0 N–H and O–H groups in total. The first kappa shape index (κ1) is 28.7. The molecule has 1 fully saturated rings. The lowest BCUT2D eigenvalue weighted by Crippen LogP contribution is -2.39. The van der Waals surface area contributed by atoms with Gasteiger partial charge in [0.05, 0.1) is 36.5 Å². The number of benzene rings is 2. The lowest BCUT2D eigenvalue weighted by Gasteiger charge is -2.27. The number of halogens is 1. The van der Waals surface area contributed by atoms with E-state index in [9.17, 15) is 4.79 Å². The van der Waals surface area contributed by atoms with Gasteiger partial charge >= 0.3 is 0 Å². The Balaban J connectivity index is 0.00000361. The Hall–Kier alpha value is -1.84. The van der Waals surface area contributed by atoms with Crippen LogP contribution in [0, 0.1) is 0 Å². The van der Waals surface area contributed by atoms with E-state index in [1.807, 2.05) is 41.8 Å². The molecule has 0 aliphatic carbocycles. The summed E-state index contributed by atoms with van der Waals surface area (Å²) < 4.78 is 12.2.